The lowest BCUT2D eigenvalue weighted by atomic mass is 10.1. The average molecular weight is 358 g/mol. The van der Waals surface area contributed by atoms with Crippen LogP contribution in [0.5, 0.6) is 11.5 Å². The highest BCUT2D eigenvalue weighted by Crippen LogP contribution is 2.26. The van der Waals surface area contributed by atoms with E-state index in [2.05, 4.69) is 0 Å². The minimum absolute atomic E-state index is 0.137. The van der Waals surface area contributed by atoms with Crippen molar-refractivity contribution in [3.8, 4) is 11.5 Å². The van der Waals surface area contributed by atoms with Gasteiger partial charge in [0.15, 0.2) is 0 Å². The van der Waals surface area contributed by atoms with Crippen LogP contribution in [0.1, 0.15) is 12.0 Å². The van der Waals surface area contributed by atoms with Crippen molar-refractivity contribution < 1.29 is 27.8 Å². The fraction of sp³-hybridized carbons (Fsp3) is 0.250. The predicted molar refractivity (Wildman–Crippen MR) is 93.9 cm³/mol. The van der Waals surface area contributed by atoms with Crippen LogP contribution in [0.25, 0.3) is 11.0 Å². The zero-order valence-corrected chi connectivity index (χ0v) is 14.4. The van der Waals surface area contributed by atoms with E-state index >= 15 is 0 Å². The number of fused-ring (bicyclic) bond motifs is 1. The molecule has 3 rings (SSSR count). The van der Waals surface area contributed by atoms with Gasteiger partial charge in [-0.05, 0) is 36.4 Å². The van der Waals surface area contributed by atoms with Crippen molar-refractivity contribution in [2.24, 2.45) is 0 Å². The van der Waals surface area contributed by atoms with Crippen LogP contribution in [-0.4, -0.2) is 26.3 Å². The third kappa shape index (κ3) is 4.53. The van der Waals surface area contributed by atoms with Gasteiger partial charge in [0.05, 0.1) is 33.0 Å². The Morgan fingerprint density at radius 3 is 2.62 bits per heavy atom. The smallest absolute Gasteiger partial charge is 0.310 e. The molecule has 136 valence electrons. The predicted octanol–water partition coefficient (Wildman–Crippen LogP) is 4.14. The normalized spacial score (nSPS) is 10.7. The number of methoxy groups -OCH3 is 1. The first-order valence-corrected chi connectivity index (χ1v) is 8.24. The summed E-state index contributed by atoms with van der Waals surface area (Å²) < 4.78 is 34.1. The lowest BCUT2D eigenvalue weighted by Crippen LogP contribution is -2.11. The Bertz CT molecular complexity index is 870. The summed E-state index contributed by atoms with van der Waals surface area (Å²) in [6.07, 6.45) is 2.24. The fourth-order valence-electron chi connectivity index (χ4n) is 2.50. The van der Waals surface area contributed by atoms with Crippen LogP contribution < -0.4 is 9.47 Å². The molecule has 0 aliphatic carbocycles. The second-order valence-corrected chi connectivity index (χ2v) is 5.68. The molecule has 0 radical (unpaired) electrons. The van der Waals surface area contributed by atoms with E-state index < -0.39 is 0 Å². The molecule has 0 saturated carbocycles. The quantitative estimate of drug-likeness (QED) is 0.447. The summed E-state index contributed by atoms with van der Waals surface area (Å²) in [4.78, 5) is 12.0. The first kappa shape index (κ1) is 17.8. The van der Waals surface area contributed by atoms with Crippen molar-refractivity contribution in [3.63, 3.8) is 0 Å². The van der Waals surface area contributed by atoms with Gasteiger partial charge in [-0.25, -0.2) is 4.39 Å². The Morgan fingerprint density at radius 2 is 1.85 bits per heavy atom. The molecular formula is C20H19FO5. The zero-order valence-electron chi connectivity index (χ0n) is 14.4. The number of benzene rings is 2. The zero-order chi connectivity index (χ0) is 18.4. The summed E-state index contributed by atoms with van der Waals surface area (Å²) in [5.41, 5.74) is 1.44. The molecule has 0 aliphatic heterocycles. The van der Waals surface area contributed by atoms with Crippen LogP contribution in [0.2, 0.25) is 0 Å². The number of ether oxygens (including phenoxy) is 3. The van der Waals surface area contributed by atoms with Crippen LogP contribution in [0.4, 0.5) is 4.39 Å². The van der Waals surface area contributed by atoms with E-state index in [4.69, 9.17) is 18.6 Å². The van der Waals surface area contributed by atoms with Gasteiger partial charge in [0, 0.05) is 23.4 Å². The molecular weight excluding hydrogens is 339 g/mol. The molecule has 0 spiro atoms. The van der Waals surface area contributed by atoms with E-state index in [1.807, 2.05) is 12.1 Å². The van der Waals surface area contributed by atoms with Gasteiger partial charge in [-0.3, -0.25) is 4.79 Å². The molecule has 6 heteroatoms. The Hall–Kier alpha value is -3.02. The lowest BCUT2D eigenvalue weighted by Gasteiger charge is -2.07. The number of carbonyl (C=O) groups excluding carboxylic acids is 1. The van der Waals surface area contributed by atoms with Crippen molar-refractivity contribution in [1.82, 2.24) is 0 Å². The van der Waals surface area contributed by atoms with E-state index in [9.17, 15) is 9.18 Å². The average Bonchev–Trinajstić information content (AvgIpc) is 3.05. The van der Waals surface area contributed by atoms with E-state index in [1.54, 1.807) is 31.6 Å². The summed E-state index contributed by atoms with van der Waals surface area (Å²) >= 11 is 0. The third-order valence-electron chi connectivity index (χ3n) is 3.83. The number of furan rings is 1. The molecule has 0 fully saturated rings. The molecule has 0 saturated heterocycles. The van der Waals surface area contributed by atoms with Gasteiger partial charge in [0.2, 0.25) is 0 Å². The summed E-state index contributed by atoms with van der Waals surface area (Å²) in [7, 11) is 1.59. The molecule has 0 bridgehead atoms. The van der Waals surface area contributed by atoms with Crippen molar-refractivity contribution in [3.05, 3.63) is 60.1 Å². The monoisotopic (exact) mass is 358 g/mol. The Labute approximate surface area is 150 Å². The van der Waals surface area contributed by atoms with Gasteiger partial charge >= 0.3 is 5.97 Å². The van der Waals surface area contributed by atoms with E-state index in [0.717, 1.165) is 10.9 Å². The summed E-state index contributed by atoms with van der Waals surface area (Å²) in [6.45, 7) is 0.636. The van der Waals surface area contributed by atoms with Gasteiger partial charge in [-0.15, -0.1) is 0 Å². The number of esters is 1. The van der Waals surface area contributed by atoms with Crippen LogP contribution in [0.15, 0.2) is 53.1 Å². The number of carbonyl (C=O) groups is 1. The highest BCUT2D eigenvalue weighted by molar-refractivity contribution is 5.86. The standard InChI is InChI=1S/C20H19FO5/c1-23-17-7-8-18-14(13-26-19(18)12-17)11-20(22)25-10-2-9-24-16-5-3-15(21)4-6-16/h3-8,12-13H,2,9-11H2,1H3. The first-order chi connectivity index (χ1) is 12.7. The third-order valence-corrected chi connectivity index (χ3v) is 3.83. The first-order valence-electron chi connectivity index (χ1n) is 8.24. The molecule has 5 nitrogen and oxygen atoms in total. The Kier molecular flexibility index (Phi) is 5.73. The molecule has 0 unspecified atom stereocenters. The number of hydrogen-bond donors (Lipinski definition) is 0. The second-order valence-electron chi connectivity index (χ2n) is 5.68. The van der Waals surface area contributed by atoms with Crippen LogP contribution in [-0.2, 0) is 16.0 Å². The van der Waals surface area contributed by atoms with Crippen molar-refractivity contribution in [2.75, 3.05) is 20.3 Å². The van der Waals surface area contributed by atoms with Crippen LogP contribution >= 0.6 is 0 Å². The van der Waals surface area contributed by atoms with E-state index in [1.165, 1.54) is 12.1 Å². The van der Waals surface area contributed by atoms with Gasteiger partial charge in [0.1, 0.15) is 22.9 Å². The number of halogens is 1. The minimum atomic E-state index is -0.328. The summed E-state index contributed by atoms with van der Waals surface area (Å²) in [5, 5.41) is 0.863. The topological polar surface area (TPSA) is 57.9 Å². The molecule has 0 atom stereocenters. The van der Waals surface area contributed by atoms with Crippen molar-refractivity contribution >= 4 is 16.9 Å². The van der Waals surface area contributed by atoms with Gasteiger partial charge < -0.3 is 18.6 Å². The van der Waals surface area contributed by atoms with Crippen LogP contribution in [0.3, 0.4) is 0 Å². The van der Waals surface area contributed by atoms with Gasteiger partial charge in [-0.2, -0.15) is 0 Å². The number of rotatable bonds is 8. The summed E-state index contributed by atoms with van der Waals surface area (Å²) in [5.74, 6) is 0.641. The minimum Gasteiger partial charge on any atom is -0.497 e. The Morgan fingerprint density at radius 1 is 1.08 bits per heavy atom. The molecule has 26 heavy (non-hydrogen) atoms. The van der Waals surface area contributed by atoms with Crippen molar-refractivity contribution in [2.45, 2.75) is 12.8 Å². The van der Waals surface area contributed by atoms with E-state index in [-0.39, 0.29) is 24.8 Å². The summed E-state index contributed by atoms with van der Waals surface area (Å²) in [6, 6.07) is 11.2. The Balaban J connectivity index is 1.42. The van der Waals surface area contributed by atoms with Crippen LogP contribution in [0, 0.1) is 5.82 Å². The molecule has 0 aliphatic rings. The fourth-order valence-corrected chi connectivity index (χ4v) is 2.50. The molecule has 1 aromatic heterocycles. The van der Waals surface area contributed by atoms with Gasteiger partial charge in [0.25, 0.3) is 0 Å². The molecule has 2 aromatic carbocycles. The molecule has 3 aromatic rings. The largest absolute Gasteiger partial charge is 0.497 e. The highest BCUT2D eigenvalue weighted by Gasteiger charge is 2.12. The van der Waals surface area contributed by atoms with Crippen molar-refractivity contribution in [1.29, 1.82) is 0 Å². The maximum atomic E-state index is 12.8. The van der Waals surface area contributed by atoms with E-state index in [0.29, 0.717) is 30.1 Å². The molecule has 1 heterocycles. The molecule has 0 N–H and O–H groups in total. The maximum absolute atomic E-state index is 12.8. The molecule has 0 amide bonds. The highest BCUT2D eigenvalue weighted by atomic mass is 19.1. The number of hydrogen-bond acceptors (Lipinski definition) is 5. The lowest BCUT2D eigenvalue weighted by molar-refractivity contribution is -0.143. The maximum Gasteiger partial charge on any atom is 0.310 e. The second kappa shape index (κ2) is 8.38. The van der Waals surface area contributed by atoms with Gasteiger partial charge in [-0.1, -0.05) is 0 Å². The SMILES string of the molecule is COc1ccc2c(CC(=O)OCCCOc3ccc(F)cc3)coc2c1.